The zero-order valence-electron chi connectivity index (χ0n) is 13.1. The van der Waals surface area contributed by atoms with Crippen LogP contribution in [-0.4, -0.2) is 19.5 Å². The fourth-order valence-electron chi connectivity index (χ4n) is 2.37. The maximum atomic E-state index is 5.80. The largest absolute Gasteiger partial charge is 0.454 e. The number of allylic oxidation sites excluding steroid dienone is 1. The van der Waals surface area contributed by atoms with Crippen molar-refractivity contribution in [1.29, 1.82) is 0 Å². The number of benzene rings is 1. The maximum Gasteiger partial charge on any atom is 0.231 e. The molecule has 0 atom stereocenters. The second-order valence-electron chi connectivity index (χ2n) is 5.32. The molecule has 3 nitrogen and oxygen atoms in total. The maximum absolute atomic E-state index is 5.80. The second-order valence-corrected chi connectivity index (χ2v) is 5.32. The van der Waals surface area contributed by atoms with Crippen LogP contribution in [0.4, 0.5) is 0 Å². The van der Waals surface area contributed by atoms with Crippen LogP contribution in [0.1, 0.15) is 51.5 Å². The van der Waals surface area contributed by atoms with E-state index in [0.717, 1.165) is 49.4 Å². The van der Waals surface area contributed by atoms with Crippen LogP contribution < -0.4 is 9.47 Å². The van der Waals surface area contributed by atoms with Crippen LogP contribution in [0.5, 0.6) is 11.5 Å². The molecule has 1 aromatic carbocycles. The van der Waals surface area contributed by atoms with Gasteiger partial charge in [-0.2, -0.15) is 0 Å². The molecule has 0 spiro atoms. The normalized spacial score (nSPS) is 13.5. The molecule has 0 fully saturated rings. The van der Waals surface area contributed by atoms with E-state index >= 15 is 0 Å². The van der Waals surface area contributed by atoms with E-state index in [2.05, 4.69) is 32.1 Å². The summed E-state index contributed by atoms with van der Waals surface area (Å²) < 4.78 is 16.5. The van der Waals surface area contributed by atoms with E-state index < -0.39 is 0 Å². The first-order valence-corrected chi connectivity index (χ1v) is 8.01. The SMILES string of the molecule is CCC(CC)OCCCCC=Cc1ccc2c(c1)OCO2. The Labute approximate surface area is 127 Å². The van der Waals surface area contributed by atoms with Crippen molar-refractivity contribution in [3.63, 3.8) is 0 Å². The Hall–Kier alpha value is -1.48. The van der Waals surface area contributed by atoms with Gasteiger partial charge >= 0.3 is 0 Å². The van der Waals surface area contributed by atoms with Gasteiger partial charge in [-0.3, -0.25) is 0 Å². The van der Waals surface area contributed by atoms with Gasteiger partial charge in [0.2, 0.25) is 6.79 Å². The summed E-state index contributed by atoms with van der Waals surface area (Å²) in [4.78, 5) is 0. The van der Waals surface area contributed by atoms with Crippen molar-refractivity contribution >= 4 is 6.08 Å². The lowest BCUT2D eigenvalue weighted by molar-refractivity contribution is 0.0461. The summed E-state index contributed by atoms with van der Waals surface area (Å²) in [6, 6.07) is 6.04. The minimum Gasteiger partial charge on any atom is -0.454 e. The summed E-state index contributed by atoms with van der Waals surface area (Å²) in [5, 5.41) is 0. The lowest BCUT2D eigenvalue weighted by atomic mass is 10.1. The highest BCUT2D eigenvalue weighted by Crippen LogP contribution is 2.32. The predicted molar refractivity (Wildman–Crippen MR) is 85.8 cm³/mol. The fourth-order valence-corrected chi connectivity index (χ4v) is 2.37. The van der Waals surface area contributed by atoms with Crippen LogP contribution >= 0.6 is 0 Å². The molecule has 0 saturated carbocycles. The summed E-state index contributed by atoms with van der Waals surface area (Å²) in [6.07, 6.45) is 10.4. The van der Waals surface area contributed by atoms with Crippen LogP contribution in [0.25, 0.3) is 6.08 Å². The van der Waals surface area contributed by atoms with E-state index in [1.54, 1.807) is 0 Å². The second kappa shape index (κ2) is 8.73. The van der Waals surface area contributed by atoms with Crippen molar-refractivity contribution in [2.24, 2.45) is 0 Å². The van der Waals surface area contributed by atoms with Gasteiger partial charge < -0.3 is 14.2 Å². The van der Waals surface area contributed by atoms with Crippen molar-refractivity contribution < 1.29 is 14.2 Å². The van der Waals surface area contributed by atoms with Crippen molar-refractivity contribution in [2.75, 3.05) is 13.4 Å². The minimum absolute atomic E-state index is 0.332. The van der Waals surface area contributed by atoms with E-state index in [0.29, 0.717) is 12.9 Å². The number of hydrogen-bond acceptors (Lipinski definition) is 3. The third kappa shape index (κ3) is 5.09. The number of fused-ring (bicyclic) bond motifs is 1. The highest BCUT2D eigenvalue weighted by Gasteiger charge is 2.11. The molecule has 0 bridgehead atoms. The standard InChI is InChI=1S/C18H26O3/c1-3-16(4-2)19-12-8-6-5-7-9-15-10-11-17-18(13-15)21-14-20-17/h7,9-11,13,16H,3-6,8,12,14H2,1-2H3. The van der Waals surface area contributed by atoms with Crippen molar-refractivity contribution in [2.45, 2.75) is 52.1 Å². The average Bonchev–Trinajstić information content (AvgIpc) is 2.98. The van der Waals surface area contributed by atoms with E-state index in [1.165, 1.54) is 6.42 Å². The Kier molecular flexibility index (Phi) is 6.61. The van der Waals surface area contributed by atoms with Gasteiger partial charge in [0.25, 0.3) is 0 Å². The first-order chi connectivity index (χ1) is 10.3. The molecule has 2 rings (SSSR count). The van der Waals surface area contributed by atoms with Gasteiger partial charge in [-0.15, -0.1) is 0 Å². The first-order valence-electron chi connectivity index (χ1n) is 8.01. The zero-order valence-corrected chi connectivity index (χ0v) is 13.1. The Morgan fingerprint density at radius 2 is 1.95 bits per heavy atom. The summed E-state index contributed by atoms with van der Waals surface area (Å²) in [5.74, 6) is 1.68. The zero-order chi connectivity index (χ0) is 14.9. The van der Waals surface area contributed by atoms with Crippen molar-refractivity contribution in [3.8, 4) is 11.5 Å². The number of hydrogen-bond donors (Lipinski definition) is 0. The number of ether oxygens (including phenoxy) is 3. The molecular formula is C18H26O3. The molecule has 3 heteroatoms. The highest BCUT2D eigenvalue weighted by molar-refractivity contribution is 5.56. The molecule has 1 heterocycles. The number of unbranched alkanes of at least 4 members (excludes halogenated alkanes) is 2. The molecule has 0 amide bonds. The summed E-state index contributed by atoms with van der Waals surface area (Å²) >= 11 is 0. The molecule has 0 aliphatic carbocycles. The van der Waals surface area contributed by atoms with Gasteiger partial charge in [-0.25, -0.2) is 0 Å². The van der Waals surface area contributed by atoms with Crippen molar-refractivity contribution in [1.82, 2.24) is 0 Å². The molecule has 1 aliphatic rings. The lowest BCUT2D eigenvalue weighted by Crippen LogP contribution is -2.10. The molecule has 21 heavy (non-hydrogen) atoms. The molecule has 116 valence electrons. The molecular weight excluding hydrogens is 264 g/mol. The molecule has 1 aromatic rings. The lowest BCUT2D eigenvalue weighted by Gasteiger charge is -2.13. The van der Waals surface area contributed by atoms with Crippen LogP contribution in [0.3, 0.4) is 0 Å². The molecule has 0 unspecified atom stereocenters. The first kappa shape index (κ1) is 15.9. The quantitative estimate of drug-likeness (QED) is 0.611. The fraction of sp³-hybridized carbons (Fsp3) is 0.556. The number of rotatable bonds is 9. The van der Waals surface area contributed by atoms with E-state index in [1.807, 2.05) is 12.1 Å². The molecule has 0 N–H and O–H groups in total. The third-order valence-corrected chi connectivity index (χ3v) is 3.74. The Balaban J connectivity index is 1.62. The van der Waals surface area contributed by atoms with Crippen LogP contribution in [0, 0.1) is 0 Å². The van der Waals surface area contributed by atoms with E-state index in [9.17, 15) is 0 Å². The summed E-state index contributed by atoms with van der Waals surface area (Å²) in [5.41, 5.74) is 1.16. The Morgan fingerprint density at radius 3 is 2.76 bits per heavy atom. The van der Waals surface area contributed by atoms with E-state index in [4.69, 9.17) is 14.2 Å². The topological polar surface area (TPSA) is 27.7 Å². The van der Waals surface area contributed by atoms with Crippen LogP contribution in [0.2, 0.25) is 0 Å². The third-order valence-electron chi connectivity index (χ3n) is 3.74. The molecule has 1 aliphatic heterocycles. The predicted octanol–water partition coefficient (Wildman–Crippen LogP) is 4.80. The van der Waals surface area contributed by atoms with Gasteiger partial charge in [-0.05, 0) is 49.8 Å². The van der Waals surface area contributed by atoms with Gasteiger partial charge in [0.15, 0.2) is 11.5 Å². The molecule has 0 aromatic heterocycles. The molecule has 0 radical (unpaired) electrons. The smallest absolute Gasteiger partial charge is 0.231 e. The van der Waals surface area contributed by atoms with Gasteiger partial charge in [0.1, 0.15) is 0 Å². The van der Waals surface area contributed by atoms with Crippen LogP contribution in [-0.2, 0) is 4.74 Å². The van der Waals surface area contributed by atoms with E-state index in [-0.39, 0.29) is 0 Å². The van der Waals surface area contributed by atoms with Gasteiger partial charge in [-0.1, -0.05) is 32.1 Å². The monoisotopic (exact) mass is 290 g/mol. The average molecular weight is 290 g/mol. The Morgan fingerprint density at radius 1 is 1.14 bits per heavy atom. The molecule has 0 saturated heterocycles. The van der Waals surface area contributed by atoms with Crippen LogP contribution in [0.15, 0.2) is 24.3 Å². The van der Waals surface area contributed by atoms with Crippen molar-refractivity contribution in [3.05, 3.63) is 29.8 Å². The summed E-state index contributed by atoms with van der Waals surface area (Å²) in [6.45, 7) is 5.58. The van der Waals surface area contributed by atoms with Gasteiger partial charge in [0.05, 0.1) is 6.10 Å². The van der Waals surface area contributed by atoms with Gasteiger partial charge in [0, 0.05) is 6.61 Å². The Bertz CT molecular complexity index is 450. The highest BCUT2D eigenvalue weighted by atomic mass is 16.7. The minimum atomic E-state index is 0.332. The summed E-state index contributed by atoms with van der Waals surface area (Å²) in [7, 11) is 0.